The summed E-state index contributed by atoms with van der Waals surface area (Å²) in [5, 5.41) is 16.5. The molecule has 6 heteroatoms. The lowest BCUT2D eigenvalue weighted by atomic mass is 10.1. The Morgan fingerprint density at radius 1 is 1.56 bits per heavy atom. The first-order valence-corrected chi connectivity index (χ1v) is 5.46. The second kappa shape index (κ2) is 4.95. The van der Waals surface area contributed by atoms with Gasteiger partial charge in [-0.1, -0.05) is 18.2 Å². The highest BCUT2D eigenvalue weighted by Gasteiger charge is 2.16. The van der Waals surface area contributed by atoms with E-state index in [1.54, 1.807) is 19.1 Å². The van der Waals surface area contributed by atoms with Gasteiger partial charge in [0.15, 0.2) is 0 Å². The first-order chi connectivity index (χ1) is 8.58. The SMILES string of the molecule is CC(Cc1cnnn1-c1cccc(F)c1)C(=O)O. The maximum Gasteiger partial charge on any atom is 0.306 e. The van der Waals surface area contributed by atoms with E-state index in [0.717, 1.165) is 0 Å². The van der Waals surface area contributed by atoms with Crippen LogP contribution in [0.3, 0.4) is 0 Å². The van der Waals surface area contributed by atoms with Crippen molar-refractivity contribution in [2.75, 3.05) is 0 Å². The molecule has 1 atom stereocenters. The van der Waals surface area contributed by atoms with Gasteiger partial charge in [-0.25, -0.2) is 9.07 Å². The molecule has 0 aliphatic rings. The van der Waals surface area contributed by atoms with Crippen LogP contribution in [0.4, 0.5) is 4.39 Å². The highest BCUT2D eigenvalue weighted by atomic mass is 19.1. The van der Waals surface area contributed by atoms with Crippen LogP contribution < -0.4 is 0 Å². The van der Waals surface area contributed by atoms with Gasteiger partial charge in [-0.2, -0.15) is 0 Å². The number of hydrogen-bond acceptors (Lipinski definition) is 3. The quantitative estimate of drug-likeness (QED) is 0.894. The number of carboxylic acids is 1. The minimum Gasteiger partial charge on any atom is -0.481 e. The van der Waals surface area contributed by atoms with Crippen LogP contribution in [0.1, 0.15) is 12.6 Å². The monoisotopic (exact) mass is 249 g/mol. The molecule has 2 aromatic rings. The highest BCUT2D eigenvalue weighted by Crippen LogP contribution is 2.14. The molecule has 0 aliphatic heterocycles. The van der Waals surface area contributed by atoms with E-state index in [9.17, 15) is 9.18 Å². The van der Waals surface area contributed by atoms with Crippen molar-refractivity contribution in [3.05, 3.63) is 42.0 Å². The summed E-state index contributed by atoms with van der Waals surface area (Å²) in [6.07, 6.45) is 1.78. The summed E-state index contributed by atoms with van der Waals surface area (Å²) in [7, 11) is 0. The number of benzene rings is 1. The molecule has 1 unspecified atom stereocenters. The molecule has 0 amide bonds. The van der Waals surface area contributed by atoms with E-state index in [-0.39, 0.29) is 5.82 Å². The first-order valence-electron chi connectivity index (χ1n) is 5.46. The minimum atomic E-state index is -0.887. The second-order valence-electron chi connectivity index (χ2n) is 4.06. The molecule has 0 saturated carbocycles. The van der Waals surface area contributed by atoms with Gasteiger partial charge in [0, 0.05) is 6.42 Å². The Morgan fingerprint density at radius 2 is 2.33 bits per heavy atom. The Bertz CT molecular complexity index is 568. The molecule has 0 spiro atoms. The molecule has 94 valence electrons. The van der Waals surface area contributed by atoms with E-state index in [4.69, 9.17) is 5.11 Å². The van der Waals surface area contributed by atoms with Gasteiger partial charge in [-0.05, 0) is 18.2 Å². The van der Waals surface area contributed by atoms with Crippen molar-refractivity contribution >= 4 is 5.97 Å². The average Bonchev–Trinajstić information content (AvgIpc) is 2.77. The van der Waals surface area contributed by atoms with Crippen molar-refractivity contribution in [3.63, 3.8) is 0 Å². The average molecular weight is 249 g/mol. The number of carboxylic acid groups (broad SMARTS) is 1. The molecule has 5 nitrogen and oxygen atoms in total. The van der Waals surface area contributed by atoms with Crippen LogP contribution in [0, 0.1) is 11.7 Å². The van der Waals surface area contributed by atoms with Gasteiger partial charge in [0.1, 0.15) is 5.82 Å². The smallest absolute Gasteiger partial charge is 0.306 e. The summed E-state index contributed by atoms with van der Waals surface area (Å²) < 4.78 is 14.6. The summed E-state index contributed by atoms with van der Waals surface area (Å²) in [6, 6.07) is 5.91. The third-order valence-electron chi connectivity index (χ3n) is 2.61. The number of carbonyl (C=O) groups is 1. The Balaban J connectivity index is 2.30. The Kier molecular flexibility index (Phi) is 3.36. The Labute approximate surface area is 103 Å². The van der Waals surface area contributed by atoms with Crippen LogP contribution in [0.2, 0.25) is 0 Å². The summed E-state index contributed by atoms with van der Waals surface area (Å²) >= 11 is 0. The zero-order valence-corrected chi connectivity index (χ0v) is 9.75. The molecular formula is C12H12FN3O2. The van der Waals surface area contributed by atoms with Crippen LogP contribution in [0.25, 0.3) is 5.69 Å². The summed E-state index contributed by atoms with van der Waals surface area (Å²) in [4.78, 5) is 10.8. The third kappa shape index (κ3) is 2.53. The summed E-state index contributed by atoms with van der Waals surface area (Å²) in [6.45, 7) is 1.60. The molecular weight excluding hydrogens is 237 g/mol. The van der Waals surface area contributed by atoms with Crippen molar-refractivity contribution in [2.24, 2.45) is 5.92 Å². The van der Waals surface area contributed by atoms with Gasteiger partial charge < -0.3 is 5.11 Å². The minimum absolute atomic E-state index is 0.291. The molecule has 2 rings (SSSR count). The van der Waals surface area contributed by atoms with Gasteiger partial charge in [0.05, 0.1) is 23.5 Å². The maximum atomic E-state index is 13.1. The van der Waals surface area contributed by atoms with Crippen LogP contribution in [-0.4, -0.2) is 26.1 Å². The number of rotatable bonds is 4. The molecule has 0 saturated heterocycles. The third-order valence-corrected chi connectivity index (χ3v) is 2.61. The van der Waals surface area contributed by atoms with Crippen LogP contribution in [0.15, 0.2) is 30.5 Å². The zero-order chi connectivity index (χ0) is 13.1. The van der Waals surface area contributed by atoms with E-state index in [1.165, 1.54) is 23.0 Å². The molecule has 0 fully saturated rings. The lowest BCUT2D eigenvalue weighted by Crippen LogP contribution is -2.15. The maximum absolute atomic E-state index is 13.1. The molecule has 1 aromatic carbocycles. The first kappa shape index (κ1) is 12.2. The second-order valence-corrected chi connectivity index (χ2v) is 4.06. The standard InChI is InChI=1S/C12H12FN3O2/c1-8(12(17)18)5-11-7-14-15-16(11)10-4-2-3-9(13)6-10/h2-4,6-8H,5H2,1H3,(H,17,18). The fraction of sp³-hybridized carbons (Fsp3) is 0.250. The van der Waals surface area contributed by atoms with Gasteiger partial charge in [-0.3, -0.25) is 4.79 Å². The van der Waals surface area contributed by atoms with Crippen molar-refractivity contribution in [3.8, 4) is 5.69 Å². The van der Waals surface area contributed by atoms with Crippen LogP contribution in [-0.2, 0) is 11.2 Å². The normalized spacial score (nSPS) is 12.3. The molecule has 1 heterocycles. The topological polar surface area (TPSA) is 68.0 Å². The lowest BCUT2D eigenvalue weighted by Gasteiger charge is -2.08. The number of nitrogens with zero attached hydrogens (tertiary/aromatic N) is 3. The number of aromatic nitrogens is 3. The van der Waals surface area contributed by atoms with Gasteiger partial charge in [-0.15, -0.1) is 5.10 Å². The lowest BCUT2D eigenvalue weighted by molar-refractivity contribution is -0.141. The van der Waals surface area contributed by atoms with Crippen LogP contribution >= 0.6 is 0 Å². The van der Waals surface area contributed by atoms with E-state index in [2.05, 4.69) is 10.3 Å². The van der Waals surface area contributed by atoms with Crippen molar-refractivity contribution < 1.29 is 14.3 Å². The Hall–Kier alpha value is -2.24. The largest absolute Gasteiger partial charge is 0.481 e. The fourth-order valence-electron chi connectivity index (χ4n) is 1.62. The molecule has 0 bridgehead atoms. The number of halogens is 1. The fourth-order valence-corrected chi connectivity index (χ4v) is 1.62. The van der Waals surface area contributed by atoms with Crippen molar-refractivity contribution in [2.45, 2.75) is 13.3 Å². The molecule has 0 aliphatic carbocycles. The molecule has 1 aromatic heterocycles. The summed E-state index contributed by atoms with van der Waals surface area (Å²) in [5.41, 5.74) is 1.16. The predicted octanol–water partition coefficient (Wildman–Crippen LogP) is 1.67. The van der Waals surface area contributed by atoms with Crippen molar-refractivity contribution in [1.29, 1.82) is 0 Å². The molecule has 18 heavy (non-hydrogen) atoms. The van der Waals surface area contributed by atoms with Crippen LogP contribution in [0.5, 0.6) is 0 Å². The Morgan fingerprint density at radius 3 is 3.00 bits per heavy atom. The predicted molar refractivity (Wildman–Crippen MR) is 61.8 cm³/mol. The number of aliphatic carboxylic acids is 1. The van der Waals surface area contributed by atoms with E-state index < -0.39 is 11.9 Å². The molecule has 1 N–H and O–H groups in total. The zero-order valence-electron chi connectivity index (χ0n) is 9.75. The van der Waals surface area contributed by atoms with Gasteiger partial charge in [0.2, 0.25) is 0 Å². The van der Waals surface area contributed by atoms with Gasteiger partial charge >= 0.3 is 5.97 Å². The van der Waals surface area contributed by atoms with E-state index in [0.29, 0.717) is 17.8 Å². The van der Waals surface area contributed by atoms with E-state index in [1.807, 2.05) is 0 Å². The highest BCUT2D eigenvalue weighted by molar-refractivity contribution is 5.69. The summed E-state index contributed by atoms with van der Waals surface area (Å²) in [5.74, 6) is -1.81. The number of hydrogen-bond donors (Lipinski definition) is 1. The van der Waals surface area contributed by atoms with Crippen molar-refractivity contribution in [1.82, 2.24) is 15.0 Å². The van der Waals surface area contributed by atoms with Gasteiger partial charge in [0.25, 0.3) is 0 Å². The van der Waals surface area contributed by atoms with E-state index >= 15 is 0 Å². The molecule has 0 radical (unpaired) electrons.